The van der Waals surface area contributed by atoms with Crippen molar-refractivity contribution in [3.8, 4) is 5.75 Å². The predicted octanol–water partition coefficient (Wildman–Crippen LogP) is 3.66. The number of amides is 1. The molecule has 2 aromatic carbocycles. The van der Waals surface area contributed by atoms with Gasteiger partial charge in [-0.05, 0) is 35.7 Å². The van der Waals surface area contributed by atoms with E-state index in [0.717, 1.165) is 11.3 Å². The zero-order valence-corrected chi connectivity index (χ0v) is 15.7. The summed E-state index contributed by atoms with van der Waals surface area (Å²) >= 11 is 0. The summed E-state index contributed by atoms with van der Waals surface area (Å²) in [6.07, 6.45) is 0. The summed E-state index contributed by atoms with van der Waals surface area (Å²) in [5.74, 6) is -0.635. The Labute approximate surface area is 159 Å². The molecule has 3 rings (SSSR count). The number of aliphatic carboxylic acids is 1. The fourth-order valence-corrected chi connectivity index (χ4v) is 3.40. The van der Waals surface area contributed by atoms with Crippen LogP contribution in [-0.2, 0) is 4.79 Å². The maximum Gasteiger partial charge on any atom is 0.308 e. The lowest BCUT2D eigenvalue weighted by Crippen LogP contribution is -2.29. The van der Waals surface area contributed by atoms with E-state index in [9.17, 15) is 14.7 Å². The lowest BCUT2D eigenvalue weighted by atomic mass is 9.89. The van der Waals surface area contributed by atoms with Crippen LogP contribution < -0.4 is 4.74 Å². The van der Waals surface area contributed by atoms with Gasteiger partial charge in [0.25, 0.3) is 5.91 Å². The molecule has 1 amide bonds. The molecule has 1 aliphatic heterocycles. The van der Waals surface area contributed by atoms with E-state index in [0.29, 0.717) is 24.6 Å². The zero-order chi connectivity index (χ0) is 19.4. The van der Waals surface area contributed by atoms with Gasteiger partial charge in [0.2, 0.25) is 0 Å². The summed E-state index contributed by atoms with van der Waals surface area (Å²) in [5.41, 5.74) is 1.50. The van der Waals surface area contributed by atoms with Gasteiger partial charge in [-0.2, -0.15) is 0 Å². The minimum absolute atomic E-state index is 0.143. The SMILES string of the molecule is CC(C)COc1ccc(C(=O)N2C[C@H](C(=O)O)[C@H](c3ccccc3)C2)cc1. The fraction of sp³-hybridized carbons (Fsp3) is 0.364. The van der Waals surface area contributed by atoms with Gasteiger partial charge in [-0.1, -0.05) is 44.2 Å². The van der Waals surface area contributed by atoms with Gasteiger partial charge in [-0.15, -0.1) is 0 Å². The Bertz CT molecular complexity index is 786. The van der Waals surface area contributed by atoms with Crippen LogP contribution in [0.2, 0.25) is 0 Å². The fourth-order valence-electron chi connectivity index (χ4n) is 3.40. The number of hydrogen-bond acceptors (Lipinski definition) is 3. The smallest absolute Gasteiger partial charge is 0.308 e. The quantitative estimate of drug-likeness (QED) is 0.846. The Balaban J connectivity index is 1.72. The molecular formula is C22H25NO4. The molecule has 1 saturated heterocycles. The highest BCUT2D eigenvalue weighted by Gasteiger charge is 2.40. The maximum atomic E-state index is 12.9. The highest BCUT2D eigenvalue weighted by atomic mass is 16.5. The summed E-state index contributed by atoms with van der Waals surface area (Å²) < 4.78 is 5.65. The van der Waals surface area contributed by atoms with Gasteiger partial charge < -0.3 is 14.7 Å². The van der Waals surface area contributed by atoms with E-state index in [1.165, 1.54) is 0 Å². The molecule has 0 aromatic heterocycles. The van der Waals surface area contributed by atoms with E-state index < -0.39 is 11.9 Å². The lowest BCUT2D eigenvalue weighted by molar-refractivity contribution is -0.141. The molecule has 2 atom stereocenters. The van der Waals surface area contributed by atoms with E-state index >= 15 is 0 Å². The molecule has 0 radical (unpaired) electrons. The molecule has 5 nitrogen and oxygen atoms in total. The van der Waals surface area contributed by atoms with Crippen LogP contribution in [0.15, 0.2) is 54.6 Å². The van der Waals surface area contributed by atoms with Gasteiger partial charge in [0, 0.05) is 24.6 Å². The van der Waals surface area contributed by atoms with Crippen LogP contribution in [-0.4, -0.2) is 41.6 Å². The largest absolute Gasteiger partial charge is 0.493 e. The van der Waals surface area contributed by atoms with Gasteiger partial charge in [0.15, 0.2) is 0 Å². The van der Waals surface area contributed by atoms with Crippen molar-refractivity contribution >= 4 is 11.9 Å². The van der Waals surface area contributed by atoms with Crippen molar-refractivity contribution in [1.29, 1.82) is 0 Å². The number of benzene rings is 2. The summed E-state index contributed by atoms with van der Waals surface area (Å²) in [6, 6.07) is 16.6. The molecule has 142 valence electrons. The van der Waals surface area contributed by atoms with Gasteiger partial charge in [-0.3, -0.25) is 9.59 Å². The Morgan fingerprint density at radius 3 is 2.33 bits per heavy atom. The summed E-state index contributed by atoms with van der Waals surface area (Å²) in [7, 11) is 0. The lowest BCUT2D eigenvalue weighted by Gasteiger charge is -2.17. The van der Waals surface area contributed by atoms with E-state index in [1.54, 1.807) is 29.2 Å². The van der Waals surface area contributed by atoms with Crippen LogP contribution in [0.4, 0.5) is 0 Å². The highest BCUT2D eigenvalue weighted by molar-refractivity contribution is 5.95. The Morgan fingerprint density at radius 2 is 1.74 bits per heavy atom. The third-order valence-electron chi connectivity index (χ3n) is 4.84. The molecular weight excluding hydrogens is 342 g/mol. The molecule has 5 heteroatoms. The number of carbonyl (C=O) groups excluding carboxylic acids is 1. The topological polar surface area (TPSA) is 66.8 Å². The third-order valence-corrected chi connectivity index (χ3v) is 4.84. The first-order valence-corrected chi connectivity index (χ1v) is 9.25. The van der Waals surface area contributed by atoms with Crippen molar-refractivity contribution in [2.75, 3.05) is 19.7 Å². The molecule has 0 saturated carbocycles. The average Bonchev–Trinajstić information content (AvgIpc) is 3.13. The first-order valence-electron chi connectivity index (χ1n) is 9.25. The molecule has 1 fully saturated rings. The summed E-state index contributed by atoms with van der Waals surface area (Å²) in [6.45, 7) is 5.41. The van der Waals surface area contributed by atoms with Crippen LogP contribution in [0.5, 0.6) is 5.75 Å². The first-order chi connectivity index (χ1) is 13.0. The number of rotatable bonds is 6. The average molecular weight is 367 g/mol. The second-order valence-electron chi connectivity index (χ2n) is 7.40. The van der Waals surface area contributed by atoms with Gasteiger partial charge >= 0.3 is 5.97 Å². The summed E-state index contributed by atoms with van der Waals surface area (Å²) in [4.78, 5) is 26.2. The molecule has 27 heavy (non-hydrogen) atoms. The van der Waals surface area contributed by atoms with Crippen molar-refractivity contribution in [2.24, 2.45) is 11.8 Å². The van der Waals surface area contributed by atoms with Gasteiger partial charge in [-0.25, -0.2) is 0 Å². The minimum atomic E-state index is -0.864. The standard InChI is InChI=1S/C22H25NO4/c1-15(2)14-27-18-10-8-17(9-11-18)21(24)23-12-19(20(13-23)22(25)26)16-6-4-3-5-7-16/h3-11,15,19-20H,12-14H2,1-2H3,(H,25,26)/t19-,20-/m0/s1. The van der Waals surface area contributed by atoms with Crippen LogP contribution in [0.3, 0.4) is 0 Å². The van der Waals surface area contributed by atoms with Crippen molar-refractivity contribution in [2.45, 2.75) is 19.8 Å². The van der Waals surface area contributed by atoms with Crippen molar-refractivity contribution in [3.05, 3.63) is 65.7 Å². The molecule has 0 unspecified atom stereocenters. The second-order valence-corrected chi connectivity index (χ2v) is 7.40. The number of carboxylic acids is 1. The zero-order valence-electron chi connectivity index (χ0n) is 15.7. The van der Waals surface area contributed by atoms with E-state index in [-0.39, 0.29) is 18.4 Å². The van der Waals surface area contributed by atoms with Crippen molar-refractivity contribution < 1.29 is 19.4 Å². The molecule has 1 heterocycles. The monoisotopic (exact) mass is 367 g/mol. The molecule has 1 N–H and O–H groups in total. The van der Waals surface area contributed by atoms with Gasteiger partial charge in [0.1, 0.15) is 5.75 Å². The Hall–Kier alpha value is -2.82. The van der Waals surface area contributed by atoms with Crippen LogP contribution in [0.1, 0.15) is 35.7 Å². The van der Waals surface area contributed by atoms with Crippen LogP contribution in [0.25, 0.3) is 0 Å². The Morgan fingerprint density at radius 1 is 1.07 bits per heavy atom. The van der Waals surface area contributed by atoms with E-state index in [2.05, 4.69) is 13.8 Å². The number of nitrogens with zero attached hydrogens (tertiary/aromatic N) is 1. The first kappa shape index (κ1) is 19.0. The predicted molar refractivity (Wildman–Crippen MR) is 103 cm³/mol. The number of likely N-dealkylation sites (tertiary alicyclic amines) is 1. The van der Waals surface area contributed by atoms with Crippen molar-refractivity contribution in [1.82, 2.24) is 4.90 Å². The molecule has 0 aliphatic carbocycles. The second kappa shape index (κ2) is 8.25. The Kier molecular flexibility index (Phi) is 5.79. The molecule has 0 bridgehead atoms. The normalized spacial score (nSPS) is 19.3. The van der Waals surface area contributed by atoms with Gasteiger partial charge in [0.05, 0.1) is 12.5 Å². The number of carboxylic acid groups (broad SMARTS) is 1. The molecule has 2 aromatic rings. The van der Waals surface area contributed by atoms with E-state index in [1.807, 2.05) is 30.3 Å². The number of hydrogen-bond donors (Lipinski definition) is 1. The molecule has 0 spiro atoms. The van der Waals surface area contributed by atoms with Crippen LogP contribution in [0, 0.1) is 11.8 Å². The number of ether oxygens (including phenoxy) is 1. The van der Waals surface area contributed by atoms with Crippen molar-refractivity contribution in [3.63, 3.8) is 0 Å². The highest BCUT2D eigenvalue weighted by Crippen LogP contribution is 2.33. The van der Waals surface area contributed by atoms with Crippen LogP contribution >= 0.6 is 0 Å². The maximum absolute atomic E-state index is 12.9. The summed E-state index contributed by atoms with van der Waals surface area (Å²) in [5, 5.41) is 9.60. The number of carbonyl (C=O) groups is 2. The van der Waals surface area contributed by atoms with E-state index in [4.69, 9.17) is 4.74 Å². The minimum Gasteiger partial charge on any atom is -0.493 e. The third kappa shape index (κ3) is 4.48. The molecule has 1 aliphatic rings.